The van der Waals surface area contributed by atoms with E-state index in [1.807, 2.05) is 0 Å². The summed E-state index contributed by atoms with van der Waals surface area (Å²) < 4.78 is 48.4. The van der Waals surface area contributed by atoms with Gasteiger partial charge in [-0.2, -0.15) is 13.2 Å². The number of alkyl halides is 3. The van der Waals surface area contributed by atoms with Crippen molar-refractivity contribution in [3.05, 3.63) is 35.6 Å². The molecule has 1 nitrogen and oxygen atoms in total. The second-order valence-electron chi connectivity index (χ2n) is 2.98. The van der Waals surface area contributed by atoms with Crippen LogP contribution in [0.25, 0.3) is 0 Å². The van der Waals surface area contributed by atoms with Gasteiger partial charge in [0.15, 0.2) is 0 Å². The van der Waals surface area contributed by atoms with Crippen LogP contribution < -0.4 is 5.73 Å². The van der Waals surface area contributed by atoms with E-state index in [1.54, 1.807) is 0 Å². The molecule has 1 aromatic carbocycles. The van der Waals surface area contributed by atoms with Gasteiger partial charge in [0.25, 0.3) is 0 Å². The van der Waals surface area contributed by atoms with Crippen molar-refractivity contribution in [2.75, 3.05) is 0 Å². The van der Waals surface area contributed by atoms with Crippen molar-refractivity contribution in [3.63, 3.8) is 0 Å². The molecule has 78 valence electrons. The molecule has 1 rings (SSSR count). The molecule has 0 aliphatic heterocycles. The molecule has 0 spiro atoms. The maximum absolute atomic E-state index is 12.4. The van der Waals surface area contributed by atoms with E-state index in [2.05, 4.69) is 0 Å². The van der Waals surface area contributed by atoms with Crippen LogP contribution in [-0.4, -0.2) is 12.2 Å². The van der Waals surface area contributed by atoms with Gasteiger partial charge < -0.3 is 5.73 Å². The van der Waals surface area contributed by atoms with E-state index in [0.29, 0.717) is 5.56 Å². The standard InChI is InChI=1S/C9H9F4N/c10-7-3-1-6(2-4-7)5-8(14)9(11,12)13/h1-4,8H,5,14H2. The highest BCUT2D eigenvalue weighted by Crippen LogP contribution is 2.21. The summed E-state index contributed by atoms with van der Waals surface area (Å²) in [6.07, 6.45) is -4.74. The maximum atomic E-state index is 12.4. The van der Waals surface area contributed by atoms with Gasteiger partial charge >= 0.3 is 6.18 Å². The van der Waals surface area contributed by atoms with Crippen LogP contribution in [0.15, 0.2) is 24.3 Å². The number of halogens is 4. The van der Waals surface area contributed by atoms with Gasteiger partial charge in [0, 0.05) is 0 Å². The van der Waals surface area contributed by atoms with Crippen molar-refractivity contribution >= 4 is 0 Å². The van der Waals surface area contributed by atoms with E-state index in [-0.39, 0.29) is 6.42 Å². The average Bonchev–Trinajstić information content (AvgIpc) is 2.07. The molecule has 0 saturated carbocycles. The minimum absolute atomic E-state index is 0.330. The predicted molar refractivity (Wildman–Crippen MR) is 44.1 cm³/mol. The Bertz CT molecular complexity index is 291. The molecule has 1 unspecified atom stereocenters. The molecule has 0 fully saturated rings. The summed E-state index contributed by atoms with van der Waals surface area (Å²) in [5.41, 5.74) is 5.27. The Kier molecular flexibility index (Phi) is 3.10. The van der Waals surface area contributed by atoms with Crippen LogP contribution in [0, 0.1) is 5.82 Å². The van der Waals surface area contributed by atoms with E-state index in [1.165, 1.54) is 12.1 Å². The van der Waals surface area contributed by atoms with Crippen LogP contribution in [0.4, 0.5) is 17.6 Å². The van der Waals surface area contributed by atoms with Crippen LogP contribution in [0.3, 0.4) is 0 Å². The first kappa shape index (κ1) is 11.0. The van der Waals surface area contributed by atoms with E-state index >= 15 is 0 Å². The Labute approximate surface area is 78.5 Å². The normalized spacial score (nSPS) is 14.1. The van der Waals surface area contributed by atoms with Crippen molar-refractivity contribution < 1.29 is 17.6 Å². The molecule has 0 aliphatic carbocycles. The number of rotatable bonds is 2. The van der Waals surface area contributed by atoms with E-state index in [0.717, 1.165) is 12.1 Å². The first-order chi connectivity index (χ1) is 6.39. The van der Waals surface area contributed by atoms with Crippen molar-refractivity contribution in [3.8, 4) is 0 Å². The van der Waals surface area contributed by atoms with Crippen LogP contribution in [0.1, 0.15) is 5.56 Å². The maximum Gasteiger partial charge on any atom is 0.403 e. The van der Waals surface area contributed by atoms with Crippen LogP contribution >= 0.6 is 0 Å². The van der Waals surface area contributed by atoms with Crippen molar-refractivity contribution in [2.45, 2.75) is 18.6 Å². The Morgan fingerprint density at radius 3 is 2.07 bits per heavy atom. The molecule has 0 radical (unpaired) electrons. The molecule has 1 atom stereocenters. The van der Waals surface area contributed by atoms with E-state index < -0.39 is 18.0 Å². The fourth-order valence-corrected chi connectivity index (χ4v) is 0.990. The van der Waals surface area contributed by atoms with Crippen molar-refractivity contribution in [2.24, 2.45) is 5.73 Å². The zero-order chi connectivity index (χ0) is 10.8. The summed E-state index contributed by atoms with van der Waals surface area (Å²) >= 11 is 0. The zero-order valence-electron chi connectivity index (χ0n) is 7.18. The lowest BCUT2D eigenvalue weighted by Gasteiger charge is -2.15. The lowest BCUT2D eigenvalue weighted by molar-refractivity contribution is -0.147. The molecule has 0 aromatic heterocycles. The highest BCUT2D eigenvalue weighted by Gasteiger charge is 2.36. The van der Waals surface area contributed by atoms with Gasteiger partial charge in [-0.15, -0.1) is 0 Å². The Morgan fingerprint density at radius 1 is 1.14 bits per heavy atom. The third kappa shape index (κ3) is 2.99. The number of hydrogen-bond acceptors (Lipinski definition) is 1. The Balaban J connectivity index is 2.65. The monoisotopic (exact) mass is 207 g/mol. The molecule has 0 aliphatic rings. The van der Waals surface area contributed by atoms with Crippen molar-refractivity contribution in [1.29, 1.82) is 0 Å². The van der Waals surface area contributed by atoms with Gasteiger partial charge in [0.1, 0.15) is 11.9 Å². The van der Waals surface area contributed by atoms with Gasteiger partial charge in [-0.1, -0.05) is 12.1 Å². The van der Waals surface area contributed by atoms with E-state index in [4.69, 9.17) is 5.73 Å². The topological polar surface area (TPSA) is 26.0 Å². The van der Waals surface area contributed by atoms with Crippen LogP contribution in [0.2, 0.25) is 0 Å². The van der Waals surface area contributed by atoms with E-state index in [9.17, 15) is 17.6 Å². The SMILES string of the molecule is NC(Cc1ccc(F)cc1)C(F)(F)F. The fraction of sp³-hybridized carbons (Fsp3) is 0.333. The third-order valence-corrected chi connectivity index (χ3v) is 1.79. The lowest BCUT2D eigenvalue weighted by atomic mass is 10.1. The lowest BCUT2D eigenvalue weighted by Crippen LogP contribution is -2.39. The molecule has 2 N–H and O–H groups in total. The summed E-state index contributed by atoms with van der Waals surface area (Å²) in [6, 6.07) is 2.91. The fourth-order valence-electron chi connectivity index (χ4n) is 0.990. The molecule has 0 heterocycles. The largest absolute Gasteiger partial charge is 0.403 e. The van der Waals surface area contributed by atoms with Gasteiger partial charge in [0.2, 0.25) is 0 Å². The number of benzene rings is 1. The first-order valence-electron chi connectivity index (χ1n) is 3.96. The molecule has 0 amide bonds. The molecule has 0 saturated heterocycles. The van der Waals surface area contributed by atoms with Gasteiger partial charge in [-0.25, -0.2) is 4.39 Å². The molecular formula is C9H9F4N. The molecule has 1 aromatic rings. The van der Waals surface area contributed by atoms with Crippen molar-refractivity contribution in [1.82, 2.24) is 0 Å². The molecule has 5 heteroatoms. The van der Waals surface area contributed by atoms with Crippen LogP contribution in [-0.2, 0) is 6.42 Å². The van der Waals surface area contributed by atoms with Gasteiger partial charge in [-0.3, -0.25) is 0 Å². The average molecular weight is 207 g/mol. The Hall–Kier alpha value is -1.10. The second kappa shape index (κ2) is 3.96. The Morgan fingerprint density at radius 2 is 1.64 bits per heavy atom. The molecule has 14 heavy (non-hydrogen) atoms. The molecular weight excluding hydrogens is 198 g/mol. The predicted octanol–water partition coefficient (Wildman–Crippen LogP) is 2.26. The second-order valence-corrected chi connectivity index (χ2v) is 2.98. The number of nitrogens with two attached hydrogens (primary N) is 1. The molecule has 0 bridgehead atoms. The quantitative estimate of drug-likeness (QED) is 0.739. The summed E-state index contributed by atoms with van der Waals surface area (Å²) in [5, 5.41) is 0. The summed E-state index contributed by atoms with van der Waals surface area (Å²) in [6.45, 7) is 0. The third-order valence-electron chi connectivity index (χ3n) is 1.79. The summed E-state index contributed by atoms with van der Waals surface area (Å²) in [4.78, 5) is 0. The first-order valence-corrected chi connectivity index (χ1v) is 3.96. The smallest absolute Gasteiger partial charge is 0.320 e. The highest BCUT2D eigenvalue weighted by molar-refractivity contribution is 5.17. The minimum Gasteiger partial charge on any atom is -0.320 e. The van der Waals surface area contributed by atoms with Gasteiger partial charge in [0.05, 0.1) is 0 Å². The van der Waals surface area contributed by atoms with Crippen LogP contribution in [0.5, 0.6) is 0 Å². The minimum atomic E-state index is -4.41. The van der Waals surface area contributed by atoms with Gasteiger partial charge in [-0.05, 0) is 24.1 Å². The zero-order valence-corrected chi connectivity index (χ0v) is 7.18. The number of hydrogen-bond donors (Lipinski definition) is 1. The summed E-state index contributed by atoms with van der Waals surface area (Å²) in [7, 11) is 0. The summed E-state index contributed by atoms with van der Waals surface area (Å²) in [5.74, 6) is -0.477. The highest BCUT2D eigenvalue weighted by atomic mass is 19.4.